The second-order valence-electron chi connectivity index (χ2n) is 7.73. The number of ether oxygens (including phenoxy) is 3. The van der Waals surface area contributed by atoms with Crippen LogP contribution in [0, 0.1) is 0 Å². The minimum atomic E-state index is 0.0974. The maximum Gasteiger partial charge on any atom is 0.256 e. The van der Waals surface area contributed by atoms with Crippen LogP contribution in [0.3, 0.4) is 0 Å². The van der Waals surface area contributed by atoms with Crippen molar-refractivity contribution in [3.8, 4) is 17.2 Å². The zero-order valence-electron chi connectivity index (χ0n) is 18.6. The second-order valence-corrected chi connectivity index (χ2v) is 7.73. The Morgan fingerprint density at radius 3 is 2.29 bits per heavy atom. The van der Waals surface area contributed by atoms with E-state index in [-0.39, 0.29) is 5.91 Å². The number of benzene rings is 2. The lowest BCUT2D eigenvalue weighted by Gasteiger charge is -2.35. The molecule has 3 aromatic rings. The average Bonchev–Trinajstić information content (AvgIpc) is 3.15. The quantitative estimate of drug-likeness (QED) is 0.610. The molecule has 164 valence electrons. The van der Waals surface area contributed by atoms with Gasteiger partial charge in [-0.2, -0.15) is 0 Å². The molecule has 1 saturated heterocycles. The van der Waals surface area contributed by atoms with Crippen LogP contribution < -0.4 is 14.2 Å². The lowest BCUT2D eigenvalue weighted by atomic mass is 10.1. The summed E-state index contributed by atoms with van der Waals surface area (Å²) in [6.07, 6.45) is 1.94. The lowest BCUT2D eigenvalue weighted by Crippen LogP contribution is -2.48. The van der Waals surface area contributed by atoms with E-state index in [4.69, 9.17) is 14.2 Å². The third kappa shape index (κ3) is 3.93. The Bertz CT molecular complexity index is 1080. The normalized spacial score (nSPS) is 14.6. The largest absolute Gasteiger partial charge is 0.493 e. The Kier molecular flexibility index (Phi) is 6.04. The summed E-state index contributed by atoms with van der Waals surface area (Å²) in [4.78, 5) is 17.5. The van der Waals surface area contributed by atoms with Crippen LogP contribution in [-0.4, -0.2) is 67.8 Å². The summed E-state index contributed by atoms with van der Waals surface area (Å²) < 4.78 is 18.5. The van der Waals surface area contributed by atoms with E-state index in [2.05, 4.69) is 4.90 Å². The summed E-state index contributed by atoms with van der Waals surface area (Å²) in [5, 5.41) is 1.01. The first-order chi connectivity index (χ1) is 15.1. The molecule has 1 aliphatic rings. The number of carbonyl (C=O) groups is 1. The van der Waals surface area contributed by atoms with Crippen molar-refractivity contribution in [2.24, 2.45) is 7.05 Å². The number of piperazine rings is 1. The molecule has 2 aromatic carbocycles. The van der Waals surface area contributed by atoms with Crippen molar-refractivity contribution in [1.29, 1.82) is 0 Å². The minimum absolute atomic E-state index is 0.0974. The van der Waals surface area contributed by atoms with Crippen LogP contribution in [0.1, 0.15) is 15.9 Å². The number of para-hydroxylation sites is 1. The van der Waals surface area contributed by atoms with Crippen molar-refractivity contribution in [3.63, 3.8) is 0 Å². The van der Waals surface area contributed by atoms with Crippen LogP contribution >= 0.6 is 0 Å². The predicted molar refractivity (Wildman–Crippen MR) is 120 cm³/mol. The summed E-state index contributed by atoms with van der Waals surface area (Å²) in [6, 6.07) is 11.9. The first-order valence-corrected chi connectivity index (χ1v) is 10.4. The van der Waals surface area contributed by atoms with Gasteiger partial charge < -0.3 is 23.7 Å². The van der Waals surface area contributed by atoms with Gasteiger partial charge in [0.15, 0.2) is 11.5 Å². The molecule has 2 heterocycles. The monoisotopic (exact) mass is 423 g/mol. The van der Waals surface area contributed by atoms with Gasteiger partial charge in [0.05, 0.1) is 26.9 Å². The van der Waals surface area contributed by atoms with Crippen molar-refractivity contribution in [3.05, 3.63) is 53.7 Å². The van der Waals surface area contributed by atoms with Gasteiger partial charge in [0, 0.05) is 62.4 Å². The molecule has 1 amide bonds. The molecule has 0 atom stereocenters. The van der Waals surface area contributed by atoms with E-state index in [1.165, 1.54) is 0 Å². The molecular weight excluding hydrogens is 394 g/mol. The van der Waals surface area contributed by atoms with E-state index < -0.39 is 0 Å². The molecule has 1 aliphatic heterocycles. The van der Waals surface area contributed by atoms with Crippen LogP contribution in [0.15, 0.2) is 42.6 Å². The Labute approximate surface area is 182 Å². The zero-order chi connectivity index (χ0) is 22.0. The number of rotatable bonds is 6. The fraction of sp³-hybridized carbons (Fsp3) is 0.375. The molecule has 0 N–H and O–H groups in total. The number of nitrogens with zero attached hydrogens (tertiary/aromatic N) is 3. The maximum absolute atomic E-state index is 13.2. The maximum atomic E-state index is 13.2. The molecule has 0 bridgehead atoms. The predicted octanol–water partition coefficient (Wildman–Crippen LogP) is 3.16. The van der Waals surface area contributed by atoms with Gasteiger partial charge in [0.25, 0.3) is 5.91 Å². The van der Waals surface area contributed by atoms with E-state index in [1.807, 2.05) is 59.1 Å². The van der Waals surface area contributed by atoms with Crippen molar-refractivity contribution in [2.45, 2.75) is 6.54 Å². The van der Waals surface area contributed by atoms with Gasteiger partial charge in [-0.25, -0.2) is 0 Å². The van der Waals surface area contributed by atoms with Crippen LogP contribution in [0.5, 0.6) is 17.2 Å². The van der Waals surface area contributed by atoms with Gasteiger partial charge in [-0.1, -0.05) is 24.3 Å². The molecule has 7 nitrogen and oxygen atoms in total. The Balaban J connectivity index is 1.45. The molecule has 0 spiro atoms. The number of aromatic nitrogens is 1. The fourth-order valence-corrected chi connectivity index (χ4v) is 4.32. The molecule has 0 unspecified atom stereocenters. The minimum Gasteiger partial charge on any atom is -0.493 e. The lowest BCUT2D eigenvalue weighted by molar-refractivity contribution is 0.0629. The number of fused-ring (bicyclic) bond motifs is 1. The van der Waals surface area contributed by atoms with Crippen LogP contribution in [0.2, 0.25) is 0 Å². The van der Waals surface area contributed by atoms with Gasteiger partial charge in [-0.05, 0) is 12.1 Å². The highest BCUT2D eigenvalue weighted by Gasteiger charge is 2.26. The van der Waals surface area contributed by atoms with E-state index in [9.17, 15) is 4.79 Å². The number of carbonyl (C=O) groups excluding carboxylic acids is 1. The first kappa shape index (κ1) is 21.1. The number of methoxy groups -OCH3 is 3. The van der Waals surface area contributed by atoms with E-state index in [1.54, 1.807) is 21.3 Å². The molecule has 1 fully saturated rings. The highest BCUT2D eigenvalue weighted by Crippen LogP contribution is 2.40. The Morgan fingerprint density at radius 2 is 1.61 bits per heavy atom. The summed E-state index contributed by atoms with van der Waals surface area (Å²) in [6.45, 7) is 3.71. The smallest absolute Gasteiger partial charge is 0.256 e. The topological polar surface area (TPSA) is 56.2 Å². The standard InChI is InChI=1S/C24H29N3O4/c1-25-16-19(18-7-5-6-8-20(18)25)24(28)27-13-11-26(12-14-27)15-17-9-10-21(29-2)23(31-4)22(17)30-3/h5-10,16H,11-15H2,1-4H3. The van der Waals surface area contributed by atoms with Crippen molar-refractivity contribution >= 4 is 16.8 Å². The summed E-state index contributed by atoms with van der Waals surface area (Å²) in [5.41, 5.74) is 2.88. The van der Waals surface area contributed by atoms with Gasteiger partial charge in [0.1, 0.15) is 0 Å². The van der Waals surface area contributed by atoms with Crippen molar-refractivity contribution in [2.75, 3.05) is 47.5 Å². The Hall–Kier alpha value is -3.19. The van der Waals surface area contributed by atoms with E-state index in [0.717, 1.165) is 41.7 Å². The highest BCUT2D eigenvalue weighted by molar-refractivity contribution is 6.07. The van der Waals surface area contributed by atoms with Crippen molar-refractivity contribution in [1.82, 2.24) is 14.4 Å². The zero-order valence-corrected chi connectivity index (χ0v) is 18.6. The average molecular weight is 424 g/mol. The first-order valence-electron chi connectivity index (χ1n) is 10.4. The second kappa shape index (κ2) is 8.89. The molecule has 0 aliphatic carbocycles. The van der Waals surface area contributed by atoms with E-state index in [0.29, 0.717) is 30.3 Å². The number of amides is 1. The van der Waals surface area contributed by atoms with Crippen LogP contribution in [0.25, 0.3) is 10.9 Å². The molecule has 4 rings (SSSR count). The molecule has 31 heavy (non-hydrogen) atoms. The summed E-state index contributed by atoms with van der Waals surface area (Å²) in [7, 11) is 6.85. The number of aryl methyl sites for hydroxylation is 1. The van der Waals surface area contributed by atoms with Crippen LogP contribution in [0.4, 0.5) is 0 Å². The van der Waals surface area contributed by atoms with Crippen LogP contribution in [-0.2, 0) is 13.6 Å². The molecule has 7 heteroatoms. The molecule has 1 aromatic heterocycles. The van der Waals surface area contributed by atoms with E-state index >= 15 is 0 Å². The molecule has 0 radical (unpaired) electrons. The molecule has 0 saturated carbocycles. The third-order valence-corrected chi connectivity index (χ3v) is 5.97. The summed E-state index contributed by atoms with van der Waals surface area (Å²) >= 11 is 0. The number of hydrogen-bond donors (Lipinski definition) is 0. The summed E-state index contributed by atoms with van der Waals surface area (Å²) in [5.74, 6) is 2.04. The fourth-order valence-electron chi connectivity index (χ4n) is 4.32. The van der Waals surface area contributed by atoms with Crippen molar-refractivity contribution < 1.29 is 19.0 Å². The number of hydrogen-bond acceptors (Lipinski definition) is 5. The SMILES string of the molecule is COc1ccc(CN2CCN(C(=O)c3cn(C)c4ccccc34)CC2)c(OC)c1OC. The van der Waals surface area contributed by atoms with Gasteiger partial charge in [-0.3, -0.25) is 9.69 Å². The third-order valence-electron chi connectivity index (χ3n) is 5.97. The highest BCUT2D eigenvalue weighted by atomic mass is 16.5. The van der Waals surface area contributed by atoms with Gasteiger partial charge >= 0.3 is 0 Å². The van der Waals surface area contributed by atoms with Gasteiger partial charge in [-0.15, -0.1) is 0 Å². The Morgan fingerprint density at radius 1 is 0.903 bits per heavy atom. The molecular formula is C24H29N3O4. The van der Waals surface area contributed by atoms with Gasteiger partial charge in [0.2, 0.25) is 5.75 Å².